The van der Waals surface area contributed by atoms with Crippen molar-refractivity contribution in [3.8, 4) is 49.5 Å². The van der Waals surface area contributed by atoms with E-state index in [9.17, 15) is 69.3 Å². The number of benzene rings is 5. The fourth-order valence-corrected chi connectivity index (χ4v) is 14.5. The standard InChI is InChI=1S/C76H93N11O20S/c1-41-37-87-65(66(41)95)71(100)79-36-47(89)34-55(80-67(96)44-19-21-45(22-20-44)72-84-85-73(108-72)46-23-25-49(26-24-46)105-31-13-7-5-6-12-30-104-4)68(97)81-62(42(2)88)74(101)86-38-48(90)35-56(86)69(98)82-63(59(93)32-43-18-27-57(91)60(33-43)106-40-61(94)77-3)70(99)83-64(75(87)102)58(92)28-29-78-76(103)107-39-54-52-16-10-8-14-50(52)51-15-9-11-17-53(51)54/h8-11,14-27,33,41-42,47-48,54-56,58-59,62-66,88-93,95H,5-7,12-13,28-32,34-40H2,1-4H3,(H,77,94)(H,78,103)(H,79,100)(H,80,96)(H,81,97)(H,82,98)(H,83,99)/t41-,42+,47+,48+,55?,56-,58+,59+,62-,63-,64-,65-,66-/m0/s1. The molecule has 1 aromatic heterocycles. The van der Waals surface area contributed by atoms with Gasteiger partial charge in [0.1, 0.15) is 58.6 Å². The summed E-state index contributed by atoms with van der Waals surface area (Å²) in [5.74, 6) is -9.74. The van der Waals surface area contributed by atoms with E-state index >= 15 is 9.59 Å². The number of alkyl carbamates (subject to hydrolysis) is 1. The summed E-state index contributed by atoms with van der Waals surface area (Å²) in [6, 6.07) is 21.0. The Bertz CT molecular complexity index is 4100. The van der Waals surface area contributed by atoms with E-state index in [2.05, 4.69) is 47.4 Å². The van der Waals surface area contributed by atoms with Gasteiger partial charge in [-0.3, -0.25) is 38.4 Å². The first-order chi connectivity index (χ1) is 51.9. The topological polar surface area (TPSA) is 449 Å². The Labute approximate surface area is 627 Å². The summed E-state index contributed by atoms with van der Waals surface area (Å²) < 4.78 is 22.3. The maximum absolute atomic E-state index is 15.3. The summed E-state index contributed by atoms with van der Waals surface area (Å²) in [5, 5.41) is 108. The van der Waals surface area contributed by atoms with Gasteiger partial charge >= 0.3 is 6.09 Å². The van der Waals surface area contributed by atoms with E-state index in [1.165, 1.54) is 49.6 Å². The number of aliphatic hydroxyl groups excluding tert-OH is 6. The molecule has 10 rings (SSSR count). The molecule has 3 saturated heterocycles. The summed E-state index contributed by atoms with van der Waals surface area (Å²) in [4.78, 5) is 131. The van der Waals surface area contributed by atoms with Gasteiger partial charge in [-0.1, -0.05) is 104 Å². The third-order valence-electron chi connectivity index (χ3n) is 19.6. The van der Waals surface area contributed by atoms with Gasteiger partial charge in [-0.05, 0) is 103 Å². The number of ether oxygens (including phenoxy) is 4. The van der Waals surface area contributed by atoms with Gasteiger partial charge in [0.15, 0.2) is 18.1 Å². The minimum absolute atomic E-state index is 0.00619. The SMILES string of the molecule is CNC(=O)COc1cc(C[C@@H](O)[C@@H]2NC(=O)[C@@H]3C[C@@H](O)CN3C(=O)[C@H]([C@@H](C)O)NC(=O)C(NC(=O)c3ccc(-c4nnc(-c5ccc(OCCCCCCCOC)cc5)s4)cc3)C[C@@H](O)CNC(=O)[C@@H]3[C@@H](O)[C@@H](C)CN3C(=O)[C@H]([C@H](O)CCNC(=O)OCC3c4ccccc4-c4ccccc43)NC2=O)ccc1O. The van der Waals surface area contributed by atoms with Crippen molar-refractivity contribution >= 4 is 64.7 Å². The highest BCUT2D eigenvalue weighted by Gasteiger charge is 2.50. The third kappa shape index (κ3) is 20.1. The van der Waals surface area contributed by atoms with E-state index in [1.807, 2.05) is 72.8 Å². The minimum atomic E-state index is -2.18. The summed E-state index contributed by atoms with van der Waals surface area (Å²) in [6.07, 6.45) is -8.67. The second-order valence-corrected chi connectivity index (χ2v) is 28.4. The number of aromatic hydroxyl groups is 1. The number of carbonyl (C=O) groups excluding carboxylic acids is 9. The molecule has 0 radical (unpaired) electrons. The fourth-order valence-electron chi connectivity index (χ4n) is 13.7. The lowest BCUT2D eigenvalue weighted by Crippen LogP contribution is -2.64. The van der Waals surface area contributed by atoms with Gasteiger partial charge in [-0.2, -0.15) is 0 Å². The van der Waals surface area contributed by atoms with Crippen molar-refractivity contribution in [1.29, 1.82) is 0 Å². The van der Waals surface area contributed by atoms with E-state index < -0.39 is 190 Å². The van der Waals surface area contributed by atoms with Crippen molar-refractivity contribution in [1.82, 2.24) is 57.2 Å². The molecule has 4 heterocycles. The Morgan fingerprint density at radius 3 is 1.95 bits per heavy atom. The zero-order valence-corrected chi connectivity index (χ0v) is 61.0. The molecule has 14 N–H and O–H groups in total. The average molecular weight is 1510 g/mol. The van der Waals surface area contributed by atoms with Crippen molar-refractivity contribution in [2.45, 2.75) is 150 Å². The van der Waals surface area contributed by atoms with Crippen molar-refractivity contribution in [3.63, 3.8) is 0 Å². The van der Waals surface area contributed by atoms with Crippen molar-refractivity contribution in [2.24, 2.45) is 5.92 Å². The van der Waals surface area contributed by atoms with Crippen LogP contribution in [-0.2, 0) is 49.5 Å². The van der Waals surface area contributed by atoms with Crippen molar-refractivity contribution in [3.05, 3.63) is 138 Å². The van der Waals surface area contributed by atoms with Crippen LogP contribution in [0, 0.1) is 5.92 Å². The Balaban J connectivity index is 0.902. The molecule has 108 heavy (non-hydrogen) atoms. The monoisotopic (exact) mass is 1510 g/mol. The number of β-amino-alcohol motifs (C(OH)–C–C–N with tert-alkyl or cyclic N) is 1. The average Bonchev–Trinajstić information content (AvgIpc) is 1.62. The van der Waals surface area contributed by atoms with Crippen LogP contribution >= 0.6 is 11.3 Å². The highest BCUT2D eigenvalue weighted by Crippen LogP contribution is 2.45. The number of hydrogen-bond acceptors (Lipinski definition) is 23. The molecule has 13 atom stereocenters. The molecule has 4 aliphatic rings. The van der Waals surface area contributed by atoms with Gasteiger partial charge in [-0.25, -0.2) is 4.79 Å². The number of fused-ring (bicyclic) bond motifs is 5. The normalized spacial score (nSPS) is 23.0. The number of nitrogens with zero attached hydrogens (tertiary/aromatic N) is 4. The zero-order valence-electron chi connectivity index (χ0n) is 60.2. The number of aliphatic hydroxyl groups is 6. The Hall–Kier alpha value is -10.2. The van der Waals surface area contributed by atoms with Crippen LogP contribution in [0.15, 0.2) is 115 Å². The molecular formula is C76H93N11O20S. The lowest BCUT2D eigenvalue weighted by molar-refractivity contribution is -0.147. The number of rotatable bonds is 26. The molecule has 0 bridgehead atoms. The van der Waals surface area contributed by atoms with Gasteiger partial charge in [0.25, 0.3) is 11.8 Å². The maximum Gasteiger partial charge on any atom is 0.407 e. The Morgan fingerprint density at radius 2 is 1.30 bits per heavy atom. The first-order valence-electron chi connectivity index (χ1n) is 36.0. The molecule has 31 nitrogen and oxygen atoms in total. The lowest BCUT2D eigenvalue weighted by atomic mass is 9.98. The third-order valence-corrected chi connectivity index (χ3v) is 20.6. The largest absolute Gasteiger partial charge is 0.504 e. The molecule has 1 aliphatic carbocycles. The Morgan fingerprint density at radius 1 is 0.676 bits per heavy atom. The van der Waals surface area contributed by atoms with Crippen molar-refractivity contribution in [2.75, 3.05) is 66.8 Å². The molecule has 0 saturated carbocycles. The summed E-state index contributed by atoms with van der Waals surface area (Å²) in [6.45, 7) is 1.23. The first kappa shape index (κ1) is 80.4. The van der Waals surface area contributed by atoms with E-state index in [1.54, 1.807) is 19.2 Å². The van der Waals surface area contributed by atoms with Crippen LogP contribution in [0.25, 0.3) is 32.3 Å². The summed E-state index contributed by atoms with van der Waals surface area (Å²) in [7, 11) is 3.05. The van der Waals surface area contributed by atoms with Crippen LogP contribution in [-0.4, -0.2) is 249 Å². The molecule has 9 amide bonds. The summed E-state index contributed by atoms with van der Waals surface area (Å²) >= 11 is 1.29. The van der Waals surface area contributed by atoms with Gasteiger partial charge in [0.2, 0.25) is 35.4 Å². The Kier molecular flexibility index (Phi) is 27.9. The second-order valence-electron chi connectivity index (χ2n) is 27.4. The second kappa shape index (κ2) is 37.6. The number of nitrogens with one attached hydrogen (secondary N) is 7. The summed E-state index contributed by atoms with van der Waals surface area (Å²) in [5.41, 5.74) is 5.34. The fraction of sp³-hybridized carbons (Fsp3) is 0.461. The van der Waals surface area contributed by atoms with E-state index in [0.717, 1.165) is 89.3 Å². The van der Waals surface area contributed by atoms with Crippen LogP contribution in [0.5, 0.6) is 17.2 Å². The molecule has 0 spiro atoms. The minimum Gasteiger partial charge on any atom is -0.504 e. The van der Waals surface area contributed by atoms with Gasteiger partial charge in [0.05, 0.1) is 43.2 Å². The van der Waals surface area contributed by atoms with Crippen LogP contribution in [0.2, 0.25) is 0 Å². The molecule has 1 unspecified atom stereocenters. The number of phenolic OH excluding ortho intramolecular Hbond substituents is 1. The van der Waals surface area contributed by atoms with Gasteiger partial charge in [-0.15, -0.1) is 10.2 Å². The molecular weight excluding hydrogens is 1420 g/mol. The van der Waals surface area contributed by atoms with Crippen molar-refractivity contribution < 1.29 is 97.8 Å². The van der Waals surface area contributed by atoms with E-state index in [4.69, 9.17) is 18.9 Å². The number of methoxy groups -OCH3 is 1. The predicted molar refractivity (Wildman–Crippen MR) is 391 cm³/mol. The van der Waals surface area contributed by atoms with Crippen LogP contribution < -0.4 is 46.7 Å². The molecule has 3 fully saturated rings. The van der Waals surface area contributed by atoms with E-state index in [0.29, 0.717) is 27.9 Å². The molecule has 3 aliphatic heterocycles. The lowest BCUT2D eigenvalue weighted by Gasteiger charge is -2.34. The molecule has 5 aromatic carbocycles. The molecule has 32 heteroatoms. The predicted octanol–water partition coefficient (Wildman–Crippen LogP) is 1.56. The highest BCUT2D eigenvalue weighted by molar-refractivity contribution is 7.17. The zero-order chi connectivity index (χ0) is 77.3. The number of unbranched alkanes of at least 4 members (excludes halogenated alkanes) is 4. The quantitative estimate of drug-likeness (QED) is 0.0343. The smallest absolute Gasteiger partial charge is 0.407 e. The number of hydrogen-bond donors (Lipinski definition) is 14. The van der Waals surface area contributed by atoms with Crippen LogP contribution in [0.1, 0.15) is 98.2 Å². The van der Waals surface area contributed by atoms with Crippen LogP contribution in [0.4, 0.5) is 4.79 Å². The first-order valence-corrected chi connectivity index (χ1v) is 36.8. The number of carbonyl (C=O) groups is 9. The highest BCUT2D eigenvalue weighted by atomic mass is 32.1. The number of likely N-dealkylation sites (N-methyl/N-ethyl adjacent to an activating group) is 1. The number of amides is 9. The van der Waals surface area contributed by atoms with Gasteiger partial charge in [0, 0.05) is 94.7 Å². The van der Waals surface area contributed by atoms with Crippen LogP contribution in [0.3, 0.4) is 0 Å². The number of phenols is 1. The molecule has 6 aromatic rings. The number of aromatic nitrogens is 2. The molecule has 578 valence electrons. The van der Waals surface area contributed by atoms with E-state index in [-0.39, 0.29) is 35.9 Å². The maximum atomic E-state index is 15.3. The van der Waals surface area contributed by atoms with Gasteiger partial charge < -0.3 is 102 Å².